The fourth-order valence-corrected chi connectivity index (χ4v) is 1.26. The highest BCUT2D eigenvalue weighted by Gasteiger charge is 2.19. The molecular formula is C12H15NO. The van der Waals surface area contributed by atoms with Crippen molar-refractivity contribution in [2.45, 2.75) is 25.9 Å². The molecule has 74 valence electrons. The third-order valence-electron chi connectivity index (χ3n) is 2.42. The Morgan fingerprint density at radius 3 is 2.71 bits per heavy atom. The summed E-state index contributed by atoms with van der Waals surface area (Å²) in [6.45, 7) is 4.02. The van der Waals surface area contributed by atoms with Crippen LogP contribution in [0.3, 0.4) is 0 Å². The molecule has 0 saturated heterocycles. The lowest BCUT2D eigenvalue weighted by Crippen LogP contribution is -2.19. The second-order valence-electron chi connectivity index (χ2n) is 3.75. The molecule has 0 amide bonds. The van der Waals surface area contributed by atoms with Crippen molar-refractivity contribution in [1.29, 1.82) is 5.26 Å². The van der Waals surface area contributed by atoms with E-state index < -0.39 is 0 Å². The summed E-state index contributed by atoms with van der Waals surface area (Å²) in [5.74, 6) is 0. The van der Waals surface area contributed by atoms with Gasteiger partial charge in [0.1, 0.15) is 0 Å². The van der Waals surface area contributed by atoms with E-state index in [0.717, 1.165) is 11.1 Å². The molecule has 0 bridgehead atoms. The molecule has 1 aromatic rings. The molecular weight excluding hydrogens is 174 g/mol. The molecule has 0 saturated carbocycles. The fraction of sp³-hybridized carbons (Fsp3) is 0.417. The lowest BCUT2D eigenvalue weighted by molar-refractivity contribution is 0.0192. The minimum absolute atomic E-state index is 0.286. The van der Waals surface area contributed by atoms with Gasteiger partial charge in [0.15, 0.2) is 0 Å². The van der Waals surface area contributed by atoms with Crippen LogP contribution in [-0.4, -0.2) is 7.11 Å². The average molecular weight is 189 g/mol. The largest absolute Gasteiger partial charge is 0.374 e. The van der Waals surface area contributed by atoms with E-state index in [1.54, 1.807) is 7.11 Å². The topological polar surface area (TPSA) is 33.0 Å². The van der Waals surface area contributed by atoms with Crippen LogP contribution in [0.25, 0.3) is 0 Å². The van der Waals surface area contributed by atoms with E-state index in [-0.39, 0.29) is 5.60 Å². The molecule has 2 heteroatoms. The maximum Gasteiger partial charge on any atom is 0.0871 e. The first-order valence-corrected chi connectivity index (χ1v) is 4.61. The summed E-state index contributed by atoms with van der Waals surface area (Å²) in [5, 5.41) is 8.59. The Bertz CT molecular complexity index is 350. The summed E-state index contributed by atoms with van der Waals surface area (Å²) in [6.07, 6.45) is 0.452. The Labute approximate surface area is 85.1 Å². The van der Waals surface area contributed by atoms with Gasteiger partial charge in [-0.15, -0.1) is 0 Å². The van der Waals surface area contributed by atoms with Gasteiger partial charge in [-0.05, 0) is 25.0 Å². The molecule has 1 rings (SSSR count). The minimum atomic E-state index is -0.286. The number of hydrogen-bond acceptors (Lipinski definition) is 2. The number of benzene rings is 1. The van der Waals surface area contributed by atoms with Gasteiger partial charge in [-0.25, -0.2) is 0 Å². The zero-order chi connectivity index (χ0) is 10.6. The van der Waals surface area contributed by atoms with Crippen LogP contribution in [0.15, 0.2) is 24.3 Å². The van der Waals surface area contributed by atoms with Crippen LogP contribution >= 0.6 is 0 Å². The van der Waals surface area contributed by atoms with Gasteiger partial charge in [-0.2, -0.15) is 5.26 Å². The van der Waals surface area contributed by atoms with Crippen molar-refractivity contribution < 1.29 is 4.74 Å². The SMILES string of the molecule is COC(C)(C)c1cccc(CC#N)c1. The van der Waals surface area contributed by atoms with Gasteiger partial charge >= 0.3 is 0 Å². The monoisotopic (exact) mass is 189 g/mol. The third-order valence-corrected chi connectivity index (χ3v) is 2.42. The van der Waals surface area contributed by atoms with E-state index in [1.165, 1.54) is 0 Å². The van der Waals surface area contributed by atoms with E-state index in [0.29, 0.717) is 6.42 Å². The lowest BCUT2D eigenvalue weighted by Gasteiger charge is -2.23. The van der Waals surface area contributed by atoms with Crippen molar-refractivity contribution in [3.05, 3.63) is 35.4 Å². The summed E-state index contributed by atoms with van der Waals surface area (Å²) in [6, 6.07) is 10.1. The Hall–Kier alpha value is -1.33. The number of rotatable bonds is 3. The molecule has 0 heterocycles. The van der Waals surface area contributed by atoms with Gasteiger partial charge in [-0.3, -0.25) is 0 Å². The number of ether oxygens (including phenoxy) is 1. The highest BCUT2D eigenvalue weighted by atomic mass is 16.5. The van der Waals surface area contributed by atoms with Crippen molar-refractivity contribution >= 4 is 0 Å². The molecule has 0 atom stereocenters. The molecule has 2 nitrogen and oxygen atoms in total. The summed E-state index contributed by atoms with van der Waals surface area (Å²) in [4.78, 5) is 0. The smallest absolute Gasteiger partial charge is 0.0871 e. The first-order chi connectivity index (χ1) is 6.60. The van der Waals surface area contributed by atoms with Gasteiger partial charge in [0.25, 0.3) is 0 Å². The predicted octanol–water partition coefficient (Wildman–Crippen LogP) is 2.63. The van der Waals surface area contributed by atoms with Gasteiger partial charge in [0.2, 0.25) is 0 Å². The van der Waals surface area contributed by atoms with Crippen LogP contribution in [0.2, 0.25) is 0 Å². The maximum absolute atomic E-state index is 8.59. The molecule has 0 aromatic heterocycles. The lowest BCUT2D eigenvalue weighted by atomic mass is 9.95. The van der Waals surface area contributed by atoms with Gasteiger partial charge < -0.3 is 4.74 Å². The standard InChI is InChI=1S/C12H15NO/c1-12(2,14-3)11-6-4-5-10(9-11)7-8-13/h4-6,9H,7H2,1-3H3. The van der Waals surface area contributed by atoms with Crippen LogP contribution in [0.1, 0.15) is 25.0 Å². The van der Waals surface area contributed by atoms with Gasteiger partial charge in [-0.1, -0.05) is 24.3 Å². The quantitative estimate of drug-likeness (QED) is 0.732. The summed E-state index contributed by atoms with van der Waals surface area (Å²) >= 11 is 0. The van der Waals surface area contributed by atoms with Crippen LogP contribution in [0.5, 0.6) is 0 Å². The minimum Gasteiger partial charge on any atom is -0.374 e. The van der Waals surface area contributed by atoms with Crippen LogP contribution in [0, 0.1) is 11.3 Å². The predicted molar refractivity (Wildman–Crippen MR) is 55.8 cm³/mol. The first-order valence-electron chi connectivity index (χ1n) is 4.61. The second kappa shape index (κ2) is 4.26. The second-order valence-corrected chi connectivity index (χ2v) is 3.75. The summed E-state index contributed by atoms with van der Waals surface area (Å²) in [5.41, 5.74) is 1.86. The van der Waals surface area contributed by atoms with Crippen LogP contribution < -0.4 is 0 Å². The van der Waals surface area contributed by atoms with Crippen LogP contribution in [-0.2, 0) is 16.8 Å². The van der Waals surface area contributed by atoms with Crippen molar-refractivity contribution in [3.63, 3.8) is 0 Å². The average Bonchev–Trinajstić information content (AvgIpc) is 2.19. The Kier molecular flexibility index (Phi) is 3.27. The van der Waals surface area contributed by atoms with Crippen LogP contribution in [0.4, 0.5) is 0 Å². The maximum atomic E-state index is 8.59. The molecule has 0 N–H and O–H groups in total. The fourth-order valence-electron chi connectivity index (χ4n) is 1.26. The van der Waals surface area contributed by atoms with E-state index in [9.17, 15) is 0 Å². The third kappa shape index (κ3) is 2.34. The van der Waals surface area contributed by atoms with Crippen molar-refractivity contribution in [2.75, 3.05) is 7.11 Å². The highest BCUT2D eigenvalue weighted by Crippen LogP contribution is 2.24. The molecule has 0 spiro atoms. The zero-order valence-corrected chi connectivity index (χ0v) is 8.87. The molecule has 1 aromatic carbocycles. The zero-order valence-electron chi connectivity index (χ0n) is 8.87. The molecule has 14 heavy (non-hydrogen) atoms. The number of nitrogens with zero attached hydrogens (tertiary/aromatic N) is 1. The Morgan fingerprint density at radius 2 is 2.14 bits per heavy atom. The number of nitriles is 1. The van der Waals surface area contributed by atoms with E-state index in [4.69, 9.17) is 10.00 Å². The van der Waals surface area contributed by atoms with E-state index in [1.807, 2.05) is 38.1 Å². The molecule has 0 aliphatic carbocycles. The number of hydrogen-bond donors (Lipinski definition) is 0. The Balaban J connectivity index is 3.00. The van der Waals surface area contributed by atoms with Crippen molar-refractivity contribution in [1.82, 2.24) is 0 Å². The summed E-state index contributed by atoms with van der Waals surface area (Å²) in [7, 11) is 1.69. The van der Waals surface area contributed by atoms with Gasteiger partial charge in [0.05, 0.1) is 18.1 Å². The molecule has 0 aliphatic heterocycles. The molecule has 0 fully saturated rings. The number of methoxy groups -OCH3 is 1. The first kappa shape index (κ1) is 10.7. The highest BCUT2D eigenvalue weighted by molar-refractivity contribution is 5.29. The Morgan fingerprint density at radius 1 is 1.43 bits per heavy atom. The normalized spacial score (nSPS) is 11.0. The van der Waals surface area contributed by atoms with Crippen molar-refractivity contribution in [3.8, 4) is 6.07 Å². The molecule has 0 aliphatic rings. The molecule has 0 unspecified atom stereocenters. The van der Waals surface area contributed by atoms with Crippen molar-refractivity contribution in [2.24, 2.45) is 0 Å². The molecule has 0 radical (unpaired) electrons. The summed E-state index contributed by atoms with van der Waals surface area (Å²) < 4.78 is 5.37. The van der Waals surface area contributed by atoms with Gasteiger partial charge in [0, 0.05) is 7.11 Å². The van der Waals surface area contributed by atoms with E-state index >= 15 is 0 Å². The van der Waals surface area contributed by atoms with E-state index in [2.05, 4.69) is 6.07 Å².